The molecule has 2 rings (SSSR count). The number of rotatable bonds is 5. The third-order valence-corrected chi connectivity index (χ3v) is 2.66. The Bertz CT molecular complexity index is 551. The highest BCUT2D eigenvalue weighted by Crippen LogP contribution is 2.23. The average Bonchev–Trinajstić information content (AvgIpc) is 2.38. The number of carbonyl (C=O) groups is 1. The molecular formula is C13H15N3O2. The summed E-state index contributed by atoms with van der Waals surface area (Å²) in [5, 5.41) is 0.938. The van der Waals surface area contributed by atoms with E-state index in [1.807, 2.05) is 30.3 Å². The number of ether oxygens (including phenoxy) is 1. The van der Waals surface area contributed by atoms with Gasteiger partial charge in [-0.1, -0.05) is 6.07 Å². The van der Waals surface area contributed by atoms with Crippen molar-refractivity contribution in [2.24, 2.45) is 11.5 Å². The van der Waals surface area contributed by atoms with Crippen molar-refractivity contribution in [1.29, 1.82) is 0 Å². The maximum absolute atomic E-state index is 10.8. The van der Waals surface area contributed by atoms with Gasteiger partial charge in [0.15, 0.2) is 0 Å². The number of hydrogen-bond acceptors (Lipinski definition) is 4. The molecule has 1 aromatic heterocycles. The molecule has 4 N–H and O–H groups in total. The number of nitrogens with two attached hydrogens (primary N) is 2. The first-order valence-corrected chi connectivity index (χ1v) is 5.70. The number of aromatic nitrogens is 1. The summed E-state index contributed by atoms with van der Waals surface area (Å²) in [5.41, 5.74) is 11.5. The number of amides is 1. The van der Waals surface area contributed by atoms with E-state index >= 15 is 0 Å². The van der Waals surface area contributed by atoms with E-state index < -0.39 is 11.9 Å². The molecule has 5 heteroatoms. The van der Waals surface area contributed by atoms with Crippen LogP contribution in [0.25, 0.3) is 10.9 Å². The lowest BCUT2D eigenvalue weighted by Crippen LogP contribution is -2.37. The fourth-order valence-electron chi connectivity index (χ4n) is 1.64. The van der Waals surface area contributed by atoms with E-state index in [0.29, 0.717) is 13.0 Å². The van der Waals surface area contributed by atoms with Crippen molar-refractivity contribution in [3.63, 3.8) is 0 Å². The first kappa shape index (κ1) is 12.3. The second-order valence-corrected chi connectivity index (χ2v) is 3.97. The first-order chi connectivity index (χ1) is 8.68. The van der Waals surface area contributed by atoms with Crippen LogP contribution in [0.1, 0.15) is 6.42 Å². The van der Waals surface area contributed by atoms with Gasteiger partial charge in [-0.15, -0.1) is 0 Å². The van der Waals surface area contributed by atoms with Crippen LogP contribution in [0.4, 0.5) is 0 Å². The maximum Gasteiger partial charge on any atom is 0.234 e. The van der Waals surface area contributed by atoms with Crippen molar-refractivity contribution in [3.05, 3.63) is 36.5 Å². The standard InChI is InChI=1S/C13H15N3O2/c14-10(13(15)17)6-8-18-12-5-1-4-11-9(12)3-2-7-16-11/h1-5,7,10H,6,8,14H2,(H2,15,17). The Morgan fingerprint density at radius 3 is 2.94 bits per heavy atom. The quantitative estimate of drug-likeness (QED) is 0.815. The molecule has 1 unspecified atom stereocenters. The van der Waals surface area contributed by atoms with Crippen LogP contribution in [-0.2, 0) is 4.79 Å². The second-order valence-electron chi connectivity index (χ2n) is 3.97. The molecule has 0 aliphatic heterocycles. The van der Waals surface area contributed by atoms with Gasteiger partial charge in [-0.25, -0.2) is 0 Å². The van der Waals surface area contributed by atoms with Crippen molar-refractivity contribution in [1.82, 2.24) is 4.98 Å². The van der Waals surface area contributed by atoms with Crippen LogP contribution in [0.15, 0.2) is 36.5 Å². The summed E-state index contributed by atoms with van der Waals surface area (Å²) in [6.45, 7) is 0.345. The summed E-state index contributed by atoms with van der Waals surface area (Å²) in [7, 11) is 0. The fraction of sp³-hybridized carbons (Fsp3) is 0.231. The van der Waals surface area contributed by atoms with E-state index in [2.05, 4.69) is 4.98 Å². The summed E-state index contributed by atoms with van der Waals surface area (Å²) >= 11 is 0. The minimum absolute atomic E-state index is 0.345. The van der Waals surface area contributed by atoms with Gasteiger partial charge in [0, 0.05) is 18.0 Å². The number of hydrogen-bond donors (Lipinski definition) is 2. The summed E-state index contributed by atoms with van der Waals surface area (Å²) < 4.78 is 5.61. The van der Waals surface area contributed by atoms with Crippen LogP contribution < -0.4 is 16.2 Å². The van der Waals surface area contributed by atoms with Gasteiger partial charge >= 0.3 is 0 Å². The second kappa shape index (κ2) is 5.46. The van der Waals surface area contributed by atoms with Crippen LogP contribution >= 0.6 is 0 Å². The zero-order valence-electron chi connectivity index (χ0n) is 9.87. The molecule has 1 atom stereocenters. The van der Waals surface area contributed by atoms with Gasteiger partial charge in [-0.3, -0.25) is 9.78 Å². The Balaban J connectivity index is 2.06. The zero-order valence-corrected chi connectivity index (χ0v) is 9.87. The molecule has 0 radical (unpaired) electrons. The third kappa shape index (κ3) is 2.75. The lowest BCUT2D eigenvalue weighted by Gasteiger charge is -2.10. The van der Waals surface area contributed by atoms with Crippen molar-refractivity contribution < 1.29 is 9.53 Å². The Morgan fingerprint density at radius 1 is 1.33 bits per heavy atom. The topological polar surface area (TPSA) is 91.2 Å². The van der Waals surface area contributed by atoms with Crippen molar-refractivity contribution in [3.8, 4) is 5.75 Å². The Labute approximate surface area is 105 Å². The van der Waals surface area contributed by atoms with Gasteiger partial charge in [0.1, 0.15) is 5.75 Å². The molecule has 0 saturated heterocycles. The highest BCUT2D eigenvalue weighted by atomic mass is 16.5. The lowest BCUT2D eigenvalue weighted by atomic mass is 10.2. The molecule has 0 fully saturated rings. The normalized spacial score (nSPS) is 12.3. The number of benzene rings is 1. The predicted molar refractivity (Wildman–Crippen MR) is 69.0 cm³/mol. The van der Waals surface area contributed by atoms with E-state index in [-0.39, 0.29) is 0 Å². The number of carbonyl (C=O) groups excluding carboxylic acids is 1. The molecule has 1 heterocycles. The van der Waals surface area contributed by atoms with Crippen molar-refractivity contribution in [2.75, 3.05) is 6.61 Å². The number of primary amides is 1. The number of nitrogens with zero attached hydrogens (tertiary/aromatic N) is 1. The molecule has 0 bridgehead atoms. The fourth-order valence-corrected chi connectivity index (χ4v) is 1.64. The highest BCUT2D eigenvalue weighted by molar-refractivity contribution is 5.84. The van der Waals surface area contributed by atoms with Gasteiger partial charge in [-0.05, 0) is 24.3 Å². The van der Waals surface area contributed by atoms with E-state index in [0.717, 1.165) is 16.7 Å². The van der Waals surface area contributed by atoms with Crippen LogP contribution in [0.5, 0.6) is 5.75 Å². The van der Waals surface area contributed by atoms with E-state index in [1.165, 1.54) is 0 Å². The van der Waals surface area contributed by atoms with Crippen LogP contribution in [0, 0.1) is 0 Å². The average molecular weight is 245 g/mol. The molecule has 18 heavy (non-hydrogen) atoms. The number of pyridine rings is 1. The number of fused-ring (bicyclic) bond motifs is 1. The molecular weight excluding hydrogens is 230 g/mol. The van der Waals surface area contributed by atoms with E-state index in [9.17, 15) is 4.79 Å². The highest BCUT2D eigenvalue weighted by Gasteiger charge is 2.09. The molecule has 5 nitrogen and oxygen atoms in total. The minimum atomic E-state index is -0.668. The van der Waals surface area contributed by atoms with Gasteiger partial charge in [0.05, 0.1) is 18.2 Å². The molecule has 2 aromatic rings. The maximum atomic E-state index is 10.8. The first-order valence-electron chi connectivity index (χ1n) is 5.70. The summed E-state index contributed by atoms with van der Waals surface area (Å²) in [6.07, 6.45) is 2.13. The van der Waals surface area contributed by atoms with Crippen molar-refractivity contribution >= 4 is 16.8 Å². The Morgan fingerprint density at radius 2 is 2.17 bits per heavy atom. The van der Waals surface area contributed by atoms with Gasteiger partial charge in [-0.2, -0.15) is 0 Å². The lowest BCUT2D eigenvalue weighted by molar-refractivity contribution is -0.119. The summed E-state index contributed by atoms with van der Waals surface area (Å²) in [6, 6.07) is 8.77. The van der Waals surface area contributed by atoms with E-state index in [1.54, 1.807) is 6.20 Å². The molecule has 94 valence electrons. The van der Waals surface area contributed by atoms with Crippen molar-refractivity contribution in [2.45, 2.75) is 12.5 Å². The molecule has 0 saturated carbocycles. The van der Waals surface area contributed by atoms with Crippen LogP contribution in [0.2, 0.25) is 0 Å². The molecule has 0 aliphatic rings. The van der Waals surface area contributed by atoms with Gasteiger partial charge in [0.25, 0.3) is 0 Å². The molecule has 0 spiro atoms. The zero-order chi connectivity index (χ0) is 13.0. The van der Waals surface area contributed by atoms with Gasteiger partial charge in [0.2, 0.25) is 5.91 Å². The largest absolute Gasteiger partial charge is 0.493 e. The molecule has 1 amide bonds. The Hall–Kier alpha value is -2.14. The third-order valence-electron chi connectivity index (χ3n) is 2.66. The smallest absolute Gasteiger partial charge is 0.234 e. The van der Waals surface area contributed by atoms with E-state index in [4.69, 9.17) is 16.2 Å². The van der Waals surface area contributed by atoms with Crippen LogP contribution in [0.3, 0.4) is 0 Å². The summed E-state index contributed by atoms with van der Waals surface area (Å²) in [5.74, 6) is 0.218. The minimum Gasteiger partial charge on any atom is -0.493 e. The molecule has 1 aromatic carbocycles. The van der Waals surface area contributed by atoms with Crippen LogP contribution in [-0.4, -0.2) is 23.5 Å². The van der Waals surface area contributed by atoms with Gasteiger partial charge < -0.3 is 16.2 Å². The summed E-state index contributed by atoms with van der Waals surface area (Å²) in [4.78, 5) is 15.0. The Kier molecular flexibility index (Phi) is 3.74. The SMILES string of the molecule is NC(=O)C(N)CCOc1cccc2ncccc12. The predicted octanol–water partition coefficient (Wildman–Crippen LogP) is 0.816. The monoisotopic (exact) mass is 245 g/mol. The molecule has 0 aliphatic carbocycles.